The minimum absolute atomic E-state index is 0. The molecule has 2 aromatic heterocycles. The molecule has 0 aliphatic carbocycles. The van der Waals surface area contributed by atoms with Gasteiger partial charge in [0.1, 0.15) is 5.69 Å². The third-order valence-electron chi connectivity index (χ3n) is 5.26. The molecule has 0 N–H and O–H groups in total. The molecule has 33 heavy (non-hydrogen) atoms. The third kappa shape index (κ3) is 4.91. The molecular formula is C26H18F4N2Pt. The molecule has 0 aliphatic rings. The number of rotatable bonds is 5. The van der Waals surface area contributed by atoms with E-state index in [1.54, 1.807) is 44.2 Å². The molecule has 7 heteroatoms. The minimum atomic E-state index is -3.32. The number of hydrogen-bond acceptors (Lipinski definition) is 2. The molecule has 170 valence electrons. The summed E-state index contributed by atoms with van der Waals surface area (Å²) in [4.78, 5) is 8.76. The summed E-state index contributed by atoms with van der Waals surface area (Å²) in [5.41, 5.74) is -0.404. The molecule has 0 spiro atoms. The Kier molecular flexibility index (Phi) is 7.18. The van der Waals surface area contributed by atoms with Crippen LogP contribution in [-0.2, 0) is 32.4 Å². The molecule has 0 bridgehead atoms. The predicted octanol–water partition coefficient (Wildman–Crippen LogP) is 6.49. The predicted molar refractivity (Wildman–Crippen MR) is 113 cm³/mol. The number of halogens is 4. The van der Waals surface area contributed by atoms with Gasteiger partial charge in [0.25, 0.3) is 5.92 Å². The van der Waals surface area contributed by atoms with Crippen LogP contribution in [0.3, 0.4) is 0 Å². The van der Waals surface area contributed by atoms with Crippen LogP contribution in [0, 0.1) is 23.8 Å². The normalized spacial score (nSPS) is 11.7. The first-order valence-electron chi connectivity index (χ1n) is 9.87. The first-order chi connectivity index (χ1) is 15.2. The minimum Gasteiger partial charge on any atom is -0.300 e. The summed E-state index contributed by atoms with van der Waals surface area (Å²) in [6, 6.07) is 22.2. The monoisotopic (exact) mass is 629 g/mol. The Labute approximate surface area is 204 Å². The van der Waals surface area contributed by atoms with Gasteiger partial charge in [0.15, 0.2) is 0 Å². The second kappa shape index (κ2) is 9.56. The van der Waals surface area contributed by atoms with E-state index in [2.05, 4.69) is 22.1 Å². The van der Waals surface area contributed by atoms with Crippen molar-refractivity contribution in [2.45, 2.75) is 25.2 Å². The van der Waals surface area contributed by atoms with Crippen molar-refractivity contribution >= 4 is 0 Å². The van der Waals surface area contributed by atoms with Crippen LogP contribution < -0.4 is 0 Å². The fourth-order valence-corrected chi connectivity index (χ4v) is 3.38. The molecule has 0 fully saturated rings. The Bertz CT molecular complexity index is 1260. The standard InChI is InChI=1S/C26H18F4N2.Pt/c1-25(2,22-11-6-10-21(31-22)19-15-14-18(27)16-20(19)28)23-12-7-13-24(32-23)26(29,30)17-8-4-3-5-9-17;/h3-8,10-14,16H,1-2H3;/q-2;+2. The zero-order valence-corrected chi connectivity index (χ0v) is 19.9. The van der Waals surface area contributed by atoms with Crippen molar-refractivity contribution in [3.63, 3.8) is 0 Å². The maximum absolute atomic E-state index is 15.0. The van der Waals surface area contributed by atoms with Crippen molar-refractivity contribution in [1.82, 2.24) is 9.97 Å². The van der Waals surface area contributed by atoms with Gasteiger partial charge in [0.2, 0.25) is 0 Å². The van der Waals surface area contributed by atoms with Crippen LogP contribution in [0.4, 0.5) is 17.6 Å². The van der Waals surface area contributed by atoms with Crippen molar-refractivity contribution in [2.75, 3.05) is 0 Å². The van der Waals surface area contributed by atoms with Gasteiger partial charge >= 0.3 is 21.1 Å². The summed E-state index contributed by atoms with van der Waals surface area (Å²) in [5, 5.41) is 0. The van der Waals surface area contributed by atoms with E-state index in [9.17, 15) is 8.78 Å². The van der Waals surface area contributed by atoms with E-state index in [1.165, 1.54) is 30.3 Å². The van der Waals surface area contributed by atoms with Crippen LogP contribution >= 0.6 is 0 Å². The maximum atomic E-state index is 15.0. The molecule has 0 aliphatic heterocycles. The molecule has 0 radical (unpaired) electrons. The Morgan fingerprint density at radius 2 is 1.45 bits per heavy atom. The fourth-order valence-electron chi connectivity index (χ4n) is 3.38. The van der Waals surface area contributed by atoms with Crippen molar-refractivity contribution in [2.24, 2.45) is 0 Å². The molecule has 0 saturated carbocycles. The number of nitrogens with zero attached hydrogens (tertiary/aromatic N) is 2. The largest absolute Gasteiger partial charge is 2.00 e. The molecule has 0 atom stereocenters. The van der Waals surface area contributed by atoms with Gasteiger partial charge in [-0.25, -0.2) is 0 Å². The molecule has 0 saturated heterocycles. The third-order valence-corrected chi connectivity index (χ3v) is 5.26. The Hall–Kier alpha value is -2.85. The smallest absolute Gasteiger partial charge is 0.300 e. The van der Waals surface area contributed by atoms with Gasteiger partial charge < -0.3 is 4.98 Å². The van der Waals surface area contributed by atoms with Crippen molar-refractivity contribution in [3.8, 4) is 11.3 Å². The number of pyridine rings is 2. The van der Waals surface area contributed by atoms with Gasteiger partial charge in [-0.3, -0.25) is 13.8 Å². The fraction of sp³-hybridized carbons (Fsp3) is 0.154. The van der Waals surface area contributed by atoms with Crippen molar-refractivity contribution < 1.29 is 38.6 Å². The van der Waals surface area contributed by atoms with Crippen LogP contribution in [0.2, 0.25) is 0 Å². The summed E-state index contributed by atoms with van der Waals surface area (Å²) in [6.07, 6.45) is 0. The van der Waals surface area contributed by atoms with Gasteiger partial charge in [0, 0.05) is 22.7 Å². The first-order valence-corrected chi connectivity index (χ1v) is 9.87. The summed E-state index contributed by atoms with van der Waals surface area (Å²) < 4.78 is 57.5. The summed E-state index contributed by atoms with van der Waals surface area (Å²) in [5.74, 6) is -4.85. The average Bonchev–Trinajstić information content (AvgIpc) is 2.80. The Balaban J connectivity index is 0.00000306. The summed E-state index contributed by atoms with van der Waals surface area (Å²) in [7, 11) is 0. The van der Waals surface area contributed by atoms with Crippen LogP contribution in [0.15, 0.2) is 72.8 Å². The average molecular weight is 630 g/mol. The molecule has 2 aromatic carbocycles. The van der Waals surface area contributed by atoms with E-state index < -0.39 is 28.7 Å². The van der Waals surface area contributed by atoms with E-state index in [0.29, 0.717) is 11.4 Å². The van der Waals surface area contributed by atoms with E-state index in [0.717, 1.165) is 12.1 Å². The van der Waals surface area contributed by atoms with E-state index in [-0.39, 0.29) is 37.9 Å². The van der Waals surface area contributed by atoms with Gasteiger partial charge in [0.05, 0.1) is 5.69 Å². The van der Waals surface area contributed by atoms with E-state index >= 15 is 8.78 Å². The van der Waals surface area contributed by atoms with Crippen LogP contribution in [0.5, 0.6) is 0 Å². The second-order valence-electron chi connectivity index (χ2n) is 7.83. The molecule has 2 heterocycles. The van der Waals surface area contributed by atoms with Crippen molar-refractivity contribution in [1.29, 1.82) is 0 Å². The van der Waals surface area contributed by atoms with Gasteiger partial charge in [-0.15, -0.1) is 12.1 Å². The number of hydrogen-bond donors (Lipinski definition) is 0. The van der Waals surface area contributed by atoms with Crippen LogP contribution in [0.1, 0.15) is 36.5 Å². The molecular weight excluding hydrogens is 611 g/mol. The van der Waals surface area contributed by atoms with Gasteiger partial charge in [-0.2, -0.15) is 39.1 Å². The van der Waals surface area contributed by atoms with E-state index in [1.807, 2.05) is 0 Å². The SMILES string of the molecule is CC(C)(c1cccc(-c2[c-]cc(F)cc2F)n1)c1cccc(C(F)(F)c2[c-]cccc2)n1.[Pt+2]. The topological polar surface area (TPSA) is 25.8 Å². The molecule has 0 unspecified atom stereocenters. The van der Waals surface area contributed by atoms with Gasteiger partial charge in [-0.1, -0.05) is 35.4 Å². The Morgan fingerprint density at radius 3 is 2.12 bits per heavy atom. The number of benzene rings is 2. The van der Waals surface area contributed by atoms with Crippen LogP contribution in [-0.4, -0.2) is 9.97 Å². The molecule has 4 aromatic rings. The number of alkyl halides is 2. The van der Waals surface area contributed by atoms with Crippen LogP contribution in [0.25, 0.3) is 11.3 Å². The first kappa shape index (κ1) is 24.8. The molecule has 0 amide bonds. The summed E-state index contributed by atoms with van der Waals surface area (Å²) >= 11 is 0. The van der Waals surface area contributed by atoms with E-state index in [4.69, 9.17) is 0 Å². The Morgan fingerprint density at radius 1 is 0.788 bits per heavy atom. The zero-order valence-electron chi connectivity index (χ0n) is 17.7. The second-order valence-corrected chi connectivity index (χ2v) is 7.83. The zero-order chi connectivity index (χ0) is 22.9. The van der Waals surface area contributed by atoms with Gasteiger partial charge in [-0.05, 0) is 37.7 Å². The molecule has 2 nitrogen and oxygen atoms in total. The molecule has 4 rings (SSSR count). The number of aromatic nitrogens is 2. The quantitative estimate of drug-likeness (QED) is 0.187. The summed E-state index contributed by atoms with van der Waals surface area (Å²) in [6.45, 7) is 3.59. The maximum Gasteiger partial charge on any atom is 2.00 e. The van der Waals surface area contributed by atoms with Crippen molar-refractivity contribution in [3.05, 3.63) is 119 Å².